The van der Waals surface area contributed by atoms with E-state index in [-0.39, 0.29) is 11.8 Å². The van der Waals surface area contributed by atoms with Crippen LogP contribution >= 0.6 is 0 Å². The first-order chi connectivity index (χ1) is 14.2. The van der Waals surface area contributed by atoms with Gasteiger partial charge in [0.1, 0.15) is 5.69 Å². The number of hydrogen-bond acceptors (Lipinski definition) is 6. The third-order valence-corrected chi connectivity index (χ3v) is 5.46. The first-order valence-electron chi connectivity index (χ1n) is 10.4. The van der Waals surface area contributed by atoms with Crippen LogP contribution in [0.4, 0.5) is 5.95 Å². The predicted molar refractivity (Wildman–Crippen MR) is 108 cm³/mol. The fourth-order valence-electron chi connectivity index (χ4n) is 3.92. The number of rotatable bonds is 5. The summed E-state index contributed by atoms with van der Waals surface area (Å²) in [5.74, 6) is 0.803. The van der Waals surface area contributed by atoms with Crippen LogP contribution in [0.3, 0.4) is 0 Å². The van der Waals surface area contributed by atoms with E-state index in [0.29, 0.717) is 50.2 Å². The third kappa shape index (κ3) is 3.94. The Morgan fingerprint density at radius 3 is 2.55 bits per heavy atom. The zero-order chi connectivity index (χ0) is 20.2. The first kappa shape index (κ1) is 19.4. The molecule has 0 bridgehead atoms. The van der Waals surface area contributed by atoms with Crippen LogP contribution in [0.1, 0.15) is 53.0 Å². The van der Waals surface area contributed by atoms with Crippen molar-refractivity contribution in [1.29, 1.82) is 0 Å². The summed E-state index contributed by atoms with van der Waals surface area (Å²) >= 11 is 0. The van der Waals surface area contributed by atoms with E-state index < -0.39 is 0 Å². The smallest absolute Gasteiger partial charge is 0.290 e. The molecule has 2 aliphatic heterocycles. The van der Waals surface area contributed by atoms with Gasteiger partial charge in [0.05, 0.1) is 5.69 Å². The van der Waals surface area contributed by atoms with Crippen LogP contribution in [0.2, 0.25) is 0 Å². The van der Waals surface area contributed by atoms with Crippen molar-refractivity contribution in [3.05, 3.63) is 35.7 Å². The van der Waals surface area contributed by atoms with E-state index >= 15 is 0 Å². The Kier molecular flexibility index (Phi) is 5.73. The predicted octanol–water partition coefficient (Wildman–Crippen LogP) is 1.11. The SMILES string of the molecule is CCCNC(=O)c1nc(C(=O)N2CCN(c3ncccn3)CC2)n2c1CCCC2. The van der Waals surface area contributed by atoms with Crippen molar-refractivity contribution in [3.8, 4) is 0 Å². The molecule has 0 radical (unpaired) electrons. The molecule has 2 aromatic rings. The monoisotopic (exact) mass is 397 g/mol. The van der Waals surface area contributed by atoms with Gasteiger partial charge in [-0.3, -0.25) is 9.59 Å². The molecule has 0 aliphatic carbocycles. The summed E-state index contributed by atoms with van der Waals surface area (Å²) in [6, 6.07) is 1.79. The summed E-state index contributed by atoms with van der Waals surface area (Å²) in [6.07, 6.45) is 7.11. The average molecular weight is 397 g/mol. The minimum Gasteiger partial charge on any atom is -0.351 e. The lowest BCUT2D eigenvalue weighted by molar-refractivity contribution is 0.0727. The van der Waals surface area contributed by atoms with Crippen molar-refractivity contribution in [2.45, 2.75) is 39.2 Å². The lowest BCUT2D eigenvalue weighted by Gasteiger charge is -2.34. The molecule has 2 aliphatic rings. The summed E-state index contributed by atoms with van der Waals surface area (Å²) in [5, 5.41) is 2.89. The van der Waals surface area contributed by atoms with Gasteiger partial charge in [-0.1, -0.05) is 6.92 Å². The lowest BCUT2D eigenvalue weighted by atomic mass is 10.1. The molecule has 0 unspecified atom stereocenters. The van der Waals surface area contributed by atoms with Crippen LogP contribution in [0.25, 0.3) is 0 Å². The average Bonchev–Trinajstić information content (AvgIpc) is 3.17. The number of imidazole rings is 1. The summed E-state index contributed by atoms with van der Waals surface area (Å²) in [6.45, 7) is 5.87. The van der Waals surface area contributed by atoms with E-state index in [0.717, 1.165) is 37.9 Å². The number of fused-ring (bicyclic) bond motifs is 1. The molecule has 0 spiro atoms. The molecule has 4 heterocycles. The van der Waals surface area contributed by atoms with Gasteiger partial charge in [-0.15, -0.1) is 0 Å². The van der Waals surface area contributed by atoms with Gasteiger partial charge in [0, 0.05) is 51.7 Å². The largest absolute Gasteiger partial charge is 0.351 e. The molecule has 0 saturated carbocycles. The molecule has 0 atom stereocenters. The molecule has 9 heteroatoms. The molecule has 1 saturated heterocycles. The van der Waals surface area contributed by atoms with E-state index in [1.807, 2.05) is 16.4 Å². The maximum atomic E-state index is 13.2. The molecule has 29 heavy (non-hydrogen) atoms. The van der Waals surface area contributed by atoms with Crippen molar-refractivity contribution in [2.75, 3.05) is 37.6 Å². The molecule has 1 fully saturated rings. The zero-order valence-corrected chi connectivity index (χ0v) is 16.8. The zero-order valence-electron chi connectivity index (χ0n) is 16.8. The number of nitrogens with one attached hydrogen (secondary N) is 1. The van der Waals surface area contributed by atoms with Crippen molar-refractivity contribution in [1.82, 2.24) is 29.7 Å². The Morgan fingerprint density at radius 1 is 1.07 bits per heavy atom. The van der Waals surface area contributed by atoms with Gasteiger partial charge in [-0.2, -0.15) is 0 Å². The lowest BCUT2D eigenvalue weighted by Crippen LogP contribution is -2.49. The summed E-state index contributed by atoms with van der Waals surface area (Å²) in [4.78, 5) is 42.8. The molecular formula is C20H27N7O2. The van der Waals surface area contributed by atoms with Gasteiger partial charge in [0.2, 0.25) is 5.95 Å². The van der Waals surface area contributed by atoms with Gasteiger partial charge in [-0.25, -0.2) is 15.0 Å². The number of piperazine rings is 1. The normalized spacial score (nSPS) is 16.4. The molecule has 2 amide bonds. The van der Waals surface area contributed by atoms with Gasteiger partial charge in [-0.05, 0) is 31.7 Å². The summed E-state index contributed by atoms with van der Waals surface area (Å²) < 4.78 is 1.96. The topological polar surface area (TPSA) is 96.2 Å². The maximum absolute atomic E-state index is 13.2. The number of hydrogen-bond donors (Lipinski definition) is 1. The van der Waals surface area contributed by atoms with Crippen LogP contribution < -0.4 is 10.2 Å². The van der Waals surface area contributed by atoms with Crippen LogP contribution in [0, 0.1) is 0 Å². The van der Waals surface area contributed by atoms with E-state index in [2.05, 4.69) is 25.2 Å². The Morgan fingerprint density at radius 2 is 1.83 bits per heavy atom. The van der Waals surface area contributed by atoms with Crippen LogP contribution in [0.15, 0.2) is 18.5 Å². The van der Waals surface area contributed by atoms with Gasteiger partial charge >= 0.3 is 0 Å². The second kappa shape index (κ2) is 8.59. The van der Waals surface area contributed by atoms with E-state index in [1.165, 1.54) is 0 Å². The maximum Gasteiger partial charge on any atom is 0.290 e. The molecule has 1 N–H and O–H groups in total. The highest BCUT2D eigenvalue weighted by Gasteiger charge is 2.31. The number of amides is 2. The number of aromatic nitrogens is 4. The molecule has 2 aromatic heterocycles. The van der Waals surface area contributed by atoms with Crippen molar-refractivity contribution in [3.63, 3.8) is 0 Å². The van der Waals surface area contributed by atoms with E-state index in [9.17, 15) is 9.59 Å². The molecular weight excluding hydrogens is 370 g/mol. The highest BCUT2D eigenvalue weighted by Crippen LogP contribution is 2.23. The fraction of sp³-hybridized carbons (Fsp3) is 0.550. The van der Waals surface area contributed by atoms with Gasteiger partial charge in [0.25, 0.3) is 11.8 Å². The van der Waals surface area contributed by atoms with Crippen molar-refractivity contribution < 1.29 is 9.59 Å². The van der Waals surface area contributed by atoms with Gasteiger partial charge in [0.15, 0.2) is 5.82 Å². The molecule has 0 aromatic carbocycles. The van der Waals surface area contributed by atoms with Crippen molar-refractivity contribution in [2.24, 2.45) is 0 Å². The van der Waals surface area contributed by atoms with Crippen LogP contribution in [-0.4, -0.2) is 69.0 Å². The molecule has 9 nitrogen and oxygen atoms in total. The Balaban J connectivity index is 1.50. The summed E-state index contributed by atoms with van der Waals surface area (Å²) in [7, 11) is 0. The van der Waals surface area contributed by atoms with Crippen molar-refractivity contribution >= 4 is 17.8 Å². The van der Waals surface area contributed by atoms with Crippen LogP contribution in [-0.2, 0) is 13.0 Å². The quantitative estimate of drug-likeness (QED) is 0.812. The Hall–Kier alpha value is -2.97. The highest BCUT2D eigenvalue weighted by atomic mass is 16.2. The highest BCUT2D eigenvalue weighted by molar-refractivity contribution is 5.97. The number of carbonyl (C=O) groups is 2. The number of carbonyl (C=O) groups excluding carboxylic acids is 2. The minimum atomic E-state index is -0.178. The van der Waals surface area contributed by atoms with E-state index in [1.54, 1.807) is 18.5 Å². The standard InChI is InChI=1S/C20H27N7O2/c1-2-7-21-18(28)16-15-6-3-4-10-27(15)17(24-16)19(29)25-11-13-26(14-12-25)20-22-8-5-9-23-20/h5,8-9H,2-4,6-7,10-14H2,1H3,(H,21,28). The van der Waals surface area contributed by atoms with Crippen LogP contribution in [0.5, 0.6) is 0 Å². The van der Waals surface area contributed by atoms with E-state index in [4.69, 9.17) is 0 Å². The fourth-order valence-corrected chi connectivity index (χ4v) is 3.92. The Labute approximate surface area is 170 Å². The van der Waals surface area contributed by atoms with Gasteiger partial charge < -0.3 is 19.7 Å². The Bertz CT molecular complexity index is 872. The molecule has 154 valence electrons. The number of anilines is 1. The third-order valence-electron chi connectivity index (χ3n) is 5.46. The second-order valence-electron chi connectivity index (χ2n) is 7.42. The minimum absolute atomic E-state index is 0.101. The second-order valence-corrected chi connectivity index (χ2v) is 7.42. The molecule has 4 rings (SSSR count). The summed E-state index contributed by atoms with van der Waals surface area (Å²) in [5.41, 5.74) is 1.31. The first-order valence-corrected chi connectivity index (χ1v) is 10.4. The number of nitrogens with zero attached hydrogens (tertiary/aromatic N) is 6.